The minimum atomic E-state index is -4.46. The number of alkyl halides is 3. The van der Waals surface area contributed by atoms with Crippen molar-refractivity contribution in [2.24, 2.45) is 0 Å². The Labute approximate surface area is 105 Å². The first-order chi connectivity index (χ1) is 8.81. The van der Waals surface area contributed by atoms with E-state index >= 15 is 0 Å². The first-order valence-electron chi connectivity index (χ1n) is 5.07. The van der Waals surface area contributed by atoms with Crippen LogP contribution in [-0.2, 0) is 0 Å². The van der Waals surface area contributed by atoms with Crippen LogP contribution in [0.15, 0.2) is 18.3 Å². The smallest absolute Gasteiger partial charge is 0.422 e. The van der Waals surface area contributed by atoms with Gasteiger partial charge in [0.1, 0.15) is 0 Å². The van der Waals surface area contributed by atoms with Crippen LogP contribution in [0, 0.1) is 0 Å². The highest BCUT2D eigenvalue weighted by Crippen LogP contribution is 2.18. The molecule has 1 aromatic rings. The molecule has 1 rings (SSSR count). The molecule has 1 atom stereocenters. The van der Waals surface area contributed by atoms with Gasteiger partial charge in [-0.15, -0.1) is 0 Å². The molecule has 106 valence electrons. The van der Waals surface area contributed by atoms with Crippen LogP contribution in [0.4, 0.5) is 18.0 Å². The van der Waals surface area contributed by atoms with Gasteiger partial charge in [-0.3, -0.25) is 0 Å². The molecule has 0 aliphatic rings. The Balaban J connectivity index is 2.67. The topological polar surface area (TPSA) is 91.7 Å². The fourth-order valence-electron chi connectivity index (χ4n) is 1.22. The van der Waals surface area contributed by atoms with Gasteiger partial charge < -0.3 is 20.3 Å². The third-order valence-electron chi connectivity index (χ3n) is 2.03. The van der Waals surface area contributed by atoms with Crippen LogP contribution < -0.4 is 10.1 Å². The van der Waals surface area contributed by atoms with Gasteiger partial charge in [-0.25, -0.2) is 9.78 Å². The number of ether oxygens (including phenoxy) is 1. The SMILES string of the molecule is O=C(O)NC(CO)c1ccc(OCC(F)(F)F)nc1. The number of pyridine rings is 1. The van der Waals surface area contributed by atoms with Gasteiger partial charge in [-0.1, -0.05) is 0 Å². The summed E-state index contributed by atoms with van der Waals surface area (Å²) in [5, 5.41) is 19.5. The van der Waals surface area contributed by atoms with E-state index < -0.39 is 31.5 Å². The molecule has 1 amide bonds. The molecule has 0 fully saturated rings. The largest absolute Gasteiger partial charge is 0.468 e. The maximum absolute atomic E-state index is 11.9. The van der Waals surface area contributed by atoms with Gasteiger partial charge in [0, 0.05) is 12.3 Å². The van der Waals surface area contributed by atoms with Crippen molar-refractivity contribution in [1.82, 2.24) is 10.3 Å². The maximum atomic E-state index is 11.9. The second-order valence-corrected chi connectivity index (χ2v) is 3.52. The number of nitrogens with zero attached hydrogens (tertiary/aromatic N) is 1. The van der Waals surface area contributed by atoms with Crippen molar-refractivity contribution in [3.05, 3.63) is 23.9 Å². The highest BCUT2D eigenvalue weighted by atomic mass is 19.4. The number of aromatic nitrogens is 1. The summed E-state index contributed by atoms with van der Waals surface area (Å²) < 4.78 is 40.0. The lowest BCUT2D eigenvalue weighted by molar-refractivity contribution is -0.154. The lowest BCUT2D eigenvalue weighted by atomic mass is 10.1. The number of halogens is 3. The van der Waals surface area contributed by atoms with Crippen LogP contribution >= 0.6 is 0 Å². The molecule has 1 unspecified atom stereocenters. The van der Waals surface area contributed by atoms with E-state index in [-0.39, 0.29) is 5.88 Å². The van der Waals surface area contributed by atoms with Gasteiger partial charge >= 0.3 is 12.3 Å². The van der Waals surface area contributed by atoms with Gasteiger partial charge in [0.05, 0.1) is 12.6 Å². The minimum Gasteiger partial charge on any atom is -0.468 e. The number of hydrogen-bond donors (Lipinski definition) is 3. The molecule has 6 nitrogen and oxygen atoms in total. The highest BCUT2D eigenvalue weighted by Gasteiger charge is 2.28. The molecule has 0 saturated heterocycles. The van der Waals surface area contributed by atoms with E-state index in [1.807, 2.05) is 5.32 Å². The number of hydrogen-bond acceptors (Lipinski definition) is 4. The lowest BCUT2D eigenvalue weighted by Gasteiger charge is -2.14. The molecule has 1 heterocycles. The Bertz CT molecular complexity index is 422. The maximum Gasteiger partial charge on any atom is 0.422 e. The number of aliphatic hydroxyl groups is 1. The van der Waals surface area contributed by atoms with Crippen LogP contribution in [0.5, 0.6) is 5.88 Å². The Hall–Kier alpha value is -2.03. The Morgan fingerprint density at radius 3 is 2.58 bits per heavy atom. The standard InChI is InChI=1S/C10H11F3N2O4/c11-10(12,13)5-19-8-2-1-6(3-14-8)7(4-16)15-9(17)18/h1-3,7,15-16H,4-5H2,(H,17,18). The van der Waals surface area contributed by atoms with E-state index in [4.69, 9.17) is 10.2 Å². The van der Waals surface area contributed by atoms with Gasteiger partial charge in [-0.05, 0) is 11.6 Å². The van der Waals surface area contributed by atoms with Crippen molar-refractivity contribution in [2.45, 2.75) is 12.2 Å². The first kappa shape index (κ1) is 15.0. The van der Waals surface area contributed by atoms with E-state index in [2.05, 4.69) is 9.72 Å². The fourth-order valence-corrected chi connectivity index (χ4v) is 1.22. The Morgan fingerprint density at radius 1 is 1.47 bits per heavy atom. The summed E-state index contributed by atoms with van der Waals surface area (Å²) in [6.45, 7) is -1.97. The summed E-state index contributed by atoms with van der Waals surface area (Å²) in [6.07, 6.45) is -4.67. The number of carbonyl (C=O) groups is 1. The molecular weight excluding hydrogens is 269 g/mol. The normalized spacial score (nSPS) is 12.8. The zero-order valence-corrected chi connectivity index (χ0v) is 9.52. The zero-order valence-electron chi connectivity index (χ0n) is 9.52. The monoisotopic (exact) mass is 280 g/mol. The number of nitrogens with one attached hydrogen (secondary N) is 1. The van der Waals surface area contributed by atoms with Crippen molar-refractivity contribution in [2.75, 3.05) is 13.2 Å². The number of carboxylic acid groups (broad SMARTS) is 1. The summed E-state index contributed by atoms with van der Waals surface area (Å²) in [5.74, 6) is -0.243. The third-order valence-corrected chi connectivity index (χ3v) is 2.03. The fraction of sp³-hybridized carbons (Fsp3) is 0.400. The predicted molar refractivity (Wildman–Crippen MR) is 56.8 cm³/mol. The van der Waals surface area contributed by atoms with Gasteiger partial charge in [0.2, 0.25) is 5.88 Å². The van der Waals surface area contributed by atoms with E-state index in [0.717, 1.165) is 12.3 Å². The minimum absolute atomic E-state index is 0.243. The van der Waals surface area contributed by atoms with Crippen LogP contribution in [0.3, 0.4) is 0 Å². The van der Waals surface area contributed by atoms with E-state index in [9.17, 15) is 18.0 Å². The van der Waals surface area contributed by atoms with E-state index in [1.165, 1.54) is 6.07 Å². The van der Waals surface area contributed by atoms with Gasteiger partial charge in [0.25, 0.3) is 0 Å². The Morgan fingerprint density at radius 2 is 2.16 bits per heavy atom. The van der Waals surface area contributed by atoms with Crippen molar-refractivity contribution in [1.29, 1.82) is 0 Å². The summed E-state index contributed by atoms with van der Waals surface area (Å²) >= 11 is 0. The van der Waals surface area contributed by atoms with Crippen LogP contribution in [-0.4, -0.2) is 40.7 Å². The third kappa shape index (κ3) is 5.42. The average molecular weight is 280 g/mol. The molecule has 19 heavy (non-hydrogen) atoms. The predicted octanol–water partition coefficient (Wildman–Crippen LogP) is 1.32. The highest BCUT2D eigenvalue weighted by molar-refractivity contribution is 5.65. The molecule has 0 saturated carbocycles. The molecule has 0 aliphatic heterocycles. The molecule has 0 radical (unpaired) electrons. The van der Waals surface area contributed by atoms with Crippen LogP contribution in [0.2, 0.25) is 0 Å². The molecular formula is C10H11F3N2O4. The zero-order chi connectivity index (χ0) is 14.5. The second kappa shape index (κ2) is 6.23. The number of rotatable bonds is 5. The van der Waals surface area contributed by atoms with E-state index in [1.54, 1.807) is 0 Å². The summed E-state index contributed by atoms with van der Waals surface area (Å²) in [6, 6.07) is 1.57. The van der Waals surface area contributed by atoms with Crippen molar-refractivity contribution in [3.8, 4) is 5.88 Å². The lowest BCUT2D eigenvalue weighted by Crippen LogP contribution is -2.29. The second-order valence-electron chi connectivity index (χ2n) is 3.52. The summed E-state index contributed by atoms with van der Waals surface area (Å²) in [5.41, 5.74) is 0.309. The summed E-state index contributed by atoms with van der Waals surface area (Å²) in [7, 11) is 0. The number of aliphatic hydroxyl groups excluding tert-OH is 1. The molecule has 9 heteroatoms. The van der Waals surface area contributed by atoms with Crippen molar-refractivity contribution < 1.29 is 32.9 Å². The molecule has 1 aromatic heterocycles. The van der Waals surface area contributed by atoms with E-state index in [0.29, 0.717) is 5.56 Å². The Kier molecular flexibility index (Phi) is 4.93. The summed E-state index contributed by atoms with van der Waals surface area (Å²) in [4.78, 5) is 14.0. The quantitative estimate of drug-likeness (QED) is 0.756. The first-order valence-corrected chi connectivity index (χ1v) is 5.07. The molecule has 0 bridgehead atoms. The average Bonchev–Trinajstić information content (AvgIpc) is 2.33. The number of amides is 1. The van der Waals surface area contributed by atoms with Crippen molar-refractivity contribution >= 4 is 6.09 Å². The van der Waals surface area contributed by atoms with Gasteiger partial charge in [0.15, 0.2) is 6.61 Å². The van der Waals surface area contributed by atoms with Crippen molar-refractivity contribution in [3.63, 3.8) is 0 Å². The molecule has 3 N–H and O–H groups in total. The van der Waals surface area contributed by atoms with Crippen LogP contribution in [0.25, 0.3) is 0 Å². The molecule has 0 spiro atoms. The van der Waals surface area contributed by atoms with Gasteiger partial charge in [-0.2, -0.15) is 13.2 Å². The van der Waals surface area contributed by atoms with Crippen LogP contribution in [0.1, 0.15) is 11.6 Å². The molecule has 0 aromatic carbocycles. The molecule has 0 aliphatic carbocycles.